The van der Waals surface area contributed by atoms with Crippen LogP contribution in [0.1, 0.15) is 11.1 Å². The number of aliphatic hydroxyl groups excluding tert-OH is 1. The monoisotopic (exact) mass is 341 g/mol. The zero-order valence-electron chi connectivity index (χ0n) is 14.1. The Hall–Kier alpha value is -3.00. The zero-order chi connectivity index (χ0) is 18.0. The van der Waals surface area contributed by atoms with Crippen LogP contribution in [0.15, 0.2) is 35.5 Å². The van der Waals surface area contributed by atoms with Gasteiger partial charge in [-0.3, -0.25) is 14.2 Å². The summed E-state index contributed by atoms with van der Waals surface area (Å²) in [5, 5.41) is 16.1. The molecule has 3 aromatic rings. The van der Waals surface area contributed by atoms with Crippen LogP contribution in [0, 0.1) is 13.8 Å². The fraction of sp³-hybridized carbons (Fsp3) is 0.294. The van der Waals surface area contributed by atoms with E-state index in [-0.39, 0.29) is 31.2 Å². The van der Waals surface area contributed by atoms with Gasteiger partial charge in [-0.1, -0.05) is 6.07 Å². The van der Waals surface area contributed by atoms with Gasteiger partial charge >= 0.3 is 0 Å². The summed E-state index contributed by atoms with van der Waals surface area (Å²) >= 11 is 0. The van der Waals surface area contributed by atoms with Gasteiger partial charge in [-0.05, 0) is 37.1 Å². The first kappa shape index (κ1) is 16.8. The maximum Gasteiger partial charge on any atom is 0.264 e. The SMILES string of the molecule is Cc1cc(C)cc(NC(=O)Cn2cnc3c(cnn3CCO)c2=O)c1. The summed E-state index contributed by atoms with van der Waals surface area (Å²) < 4.78 is 2.70. The average molecular weight is 341 g/mol. The molecule has 0 bridgehead atoms. The molecule has 8 nitrogen and oxygen atoms in total. The van der Waals surface area contributed by atoms with E-state index in [4.69, 9.17) is 5.11 Å². The number of aryl methyl sites for hydroxylation is 2. The highest BCUT2D eigenvalue weighted by molar-refractivity contribution is 5.90. The highest BCUT2D eigenvalue weighted by Gasteiger charge is 2.12. The first-order valence-electron chi connectivity index (χ1n) is 7.88. The van der Waals surface area contributed by atoms with Gasteiger partial charge < -0.3 is 10.4 Å². The van der Waals surface area contributed by atoms with Gasteiger partial charge in [0.25, 0.3) is 5.56 Å². The molecule has 0 radical (unpaired) electrons. The zero-order valence-corrected chi connectivity index (χ0v) is 14.1. The van der Waals surface area contributed by atoms with Gasteiger partial charge in [0, 0.05) is 5.69 Å². The van der Waals surface area contributed by atoms with Crippen LogP contribution < -0.4 is 10.9 Å². The standard InChI is InChI=1S/C17H19N5O3/c1-11-5-12(2)7-13(6-11)20-15(24)9-21-10-18-16-14(17(21)25)8-19-22(16)3-4-23/h5-8,10,23H,3-4,9H2,1-2H3,(H,20,24). The lowest BCUT2D eigenvalue weighted by atomic mass is 10.1. The molecule has 2 aromatic heterocycles. The molecule has 2 heterocycles. The van der Waals surface area contributed by atoms with Crippen LogP contribution in [0.5, 0.6) is 0 Å². The topological polar surface area (TPSA) is 102 Å². The number of aliphatic hydroxyl groups is 1. The predicted molar refractivity (Wildman–Crippen MR) is 93.4 cm³/mol. The highest BCUT2D eigenvalue weighted by atomic mass is 16.3. The molecule has 130 valence electrons. The maximum absolute atomic E-state index is 12.5. The molecule has 25 heavy (non-hydrogen) atoms. The van der Waals surface area contributed by atoms with Gasteiger partial charge in [0.2, 0.25) is 5.91 Å². The van der Waals surface area contributed by atoms with Crippen molar-refractivity contribution in [1.29, 1.82) is 0 Å². The molecule has 1 amide bonds. The molecule has 0 aliphatic carbocycles. The third-order valence-corrected chi connectivity index (χ3v) is 3.75. The third-order valence-electron chi connectivity index (χ3n) is 3.75. The second-order valence-corrected chi connectivity index (χ2v) is 5.93. The van der Waals surface area contributed by atoms with Gasteiger partial charge in [0.05, 0.1) is 19.3 Å². The van der Waals surface area contributed by atoms with Crippen molar-refractivity contribution in [3.8, 4) is 0 Å². The minimum absolute atomic E-state index is 0.0974. The molecule has 0 saturated carbocycles. The maximum atomic E-state index is 12.5. The Bertz CT molecular complexity index is 969. The molecule has 8 heteroatoms. The van der Waals surface area contributed by atoms with Crippen molar-refractivity contribution in [1.82, 2.24) is 19.3 Å². The van der Waals surface area contributed by atoms with Crippen LogP contribution in [0.3, 0.4) is 0 Å². The molecule has 0 aliphatic rings. The van der Waals surface area contributed by atoms with E-state index in [2.05, 4.69) is 15.4 Å². The number of hydrogen-bond acceptors (Lipinski definition) is 5. The van der Waals surface area contributed by atoms with Gasteiger partial charge in [-0.15, -0.1) is 0 Å². The number of carbonyl (C=O) groups is 1. The molecule has 0 spiro atoms. The van der Waals surface area contributed by atoms with E-state index >= 15 is 0 Å². The molecule has 0 atom stereocenters. The first-order valence-corrected chi connectivity index (χ1v) is 7.88. The van der Waals surface area contributed by atoms with Crippen molar-refractivity contribution in [3.05, 3.63) is 52.2 Å². The lowest BCUT2D eigenvalue weighted by molar-refractivity contribution is -0.116. The van der Waals surface area contributed by atoms with Crippen molar-refractivity contribution in [3.63, 3.8) is 0 Å². The predicted octanol–water partition coefficient (Wildman–Crippen LogP) is 0.841. The van der Waals surface area contributed by atoms with Crippen molar-refractivity contribution in [2.75, 3.05) is 11.9 Å². The number of nitrogens with one attached hydrogen (secondary N) is 1. The summed E-state index contributed by atoms with van der Waals surface area (Å²) in [6.45, 7) is 3.93. The fourth-order valence-electron chi connectivity index (χ4n) is 2.77. The number of benzene rings is 1. The second kappa shape index (κ2) is 6.86. The largest absolute Gasteiger partial charge is 0.394 e. The highest BCUT2D eigenvalue weighted by Crippen LogP contribution is 2.13. The number of carbonyl (C=O) groups excluding carboxylic acids is 1. The van der Waals surface area contributed by atoms with E-state index in [0.717, 1.165) is 11.1 Å². The number of amides is 1. The number of anilines is 1. The van der Waals surface area contributed by atoms with E-state index < -0.39 is 0 Å². The molecule has 0 unspecified atom stereocenters. The fourth-order valence-corrected chi connectivity index (χ4v) is 2.77. The van der Waals surface area contributed by atoms with Crippen molar-refractivity contribution >= 4 is 22.6 Å². The molecule has 3 rings (SSSR count). The lowest BCUT2D eigenvalue weighted by Crippen LogP contribution is -2.28. The van der Waals surface area contributed by atoms with Gasteiger partial charge in [0.1, 0.15) is 18.3 Å². The van der Waals surface area contributed by atoms with Crippen molar-refractivity contribution in [2.45, 2.75) is 26.9 Å². The molecule has 0 saturated heterocycles. The number of nitrogens with zero attached hydrogens (tertiary/aromatic N) is 4. The molecule has 0 fully saturated rings. The van der Waals surface area contributed by atoms with Crippen LogP contribution in [0.25, 0.3) is 11.0 Å². The summed E-state index contributed by atoms with van der Waals surface area (Å²) in [7, 11) is 0. The molecular formula is C17H19N5O3. The minimum Gasteiger partial charge on any atom is -0.394 e. The molecule has 1 aromatic carbocycles. The number of hydrogen-bond donors (Lipinski definition) is 2. The number of aromatic nitrogens is 4. The van der Waals surface area contributed by atoms with Crippen LogP contribution in [0.4, 0.5) is 5.69 Å². The van der Waals surface area contributed by atoms with E-state index in [1.165, 1.54) is 21.8 Å². The average Bonchev–Trinajstić information content (AvgIpc) is 2.93. The second-order valence-electron chi connectivity index (χ2n) is 5.93. The Morgan fingerprint density at radius 3 is 2.64 bits per heavy atom. The van der Waals surface area contributed by atoms with Crippen LogP contribution >= 0.6 is 0 Å². The number of rotatable bonds is 5. The van der Waals surface area contributed by atoms with E-state index in [9.17, 15) is 9.59 Å². The van der Waals surface area contributed by atoms with Crippen LogP contribution in [-0.2, 0) is 17.9 Å². The van der Waals surface area contributed by atoms with Crippen molar-refractivity contribution < 1.29 is 9.90 Å². The molecule has 0 aliphatic heterocycles. The minimum atomic E-state index is -0.343. The van der Waals surface area contributed by atoms with Gasteiger partial charge in [0.15, 0.2) is 5.65 Å². The quantitative estimate of drug-likeness (QED) is 0.716. The van der Waals surface area contributed by atoms with Crippen molar-refractivity contribution in [2.24, 2.45) is 0 Å². The van der Waals surface area contributed by atoms with E-state index in [1.54, 1.807) is 0 Å². The smallest absolute Gasteiger partial charge is 0.264 e. The van der Waals surface area contributed by atoms with Crippen LogP contribution in [0.2, 0.25) is 0 Å². The molecular weight excluding hydrogens is 322 g/mol. The Morgan fingerprint density at radius 1 is 1.24 bits per heavy atom. The Kier molecular flexibility index (Phi) is 4.62. The Morgan fingerprint density at radius 2 is 1.96 bits per heavy atom. The van der Waals surface area contributed by atoms with E-state index in [0.29, 0.717) is 16.7 Å². The van der Waals surface area contributed by atoms with Crippen LogP contribution in [-0.4, -0.2) is 37.0 Å². The summed E-state index contributed by atoms with van der Waals surface area (Å²) in [5.74, 6) is -0.309. The Labute approximate surface area is 143 Å². The molecule has 2 N–H and O–H groups in total. The summed E-state index contributed by atoms with van der Waals surface area (Å²) in [6, 6.07) is 5.75. The number of fused-ring (bicyclic) bond motifs is 1. The summed E-state index contributed by atoms with van der Waals surface area (Å²) in [4.78, 5) is 28.9. The third kappa shape index (κ3) is 3.58. The Balaban J connectivity index is 1.81. The summed E-state index contributed by atoms with van der Waals surface area (Å²) in [6.07, 6.45) is 2.72. The van der Waals surface area contributed by atoms with Gasteiger partial charge in [-0.25, -0.2) is 9.67 Å². The van der Waals surface area contributed by atoms with E-state index in [1.807, 2.05) is 32.0 Å². The van der Waals surface area contributed by atoms with Gasteiger partial charge in [-0.2, -0.15) is 5.10 Å². The summed E-state index contributed by atoms with van der Waals surface area (Å²) in [5.41, 5.74) is 2.84. The first-order chi connectivity index (χ1) is 12.0. The lowest BCUT2D eigenvalue weighted by Gasteiger charge is -2.09. The normalized spacial score (nSPS) is 11.0.